The summed E-state index contributed by atoms with van der Waals surface area (Å²) in [4.78, 5) is 16.4. The molecular formula is C20H18ClF3N6O4S2. The first-order valence-electron chi connectivity index (χ1n) is 10.5. The Morgan fingerprint density at radius 2 is 1.97 bits per heavy atom. The van der Waals surface area contributed by atoms with E-state index in [1.165, 1.54) is 22.2 Å². The zero-order valence-electron chi connectivity index (χ0n) is 18.0. The summed E-state index contributed by atoms with van der Waals surface area (Å²) in [5.74, 6) is -0.662. The van der Waals surface area contributed by atoms with E-state index in [-0.39, 0.29) is 22.3 Å². The molecule has 1 aromatic carbocycles. The minimum absolute atomic E-state index is 0.0212. The molecule has 1 aliphatic heterocycles. The Balaban J connectivity index is 1.42. The van der Waals surface area contributed by atoms with Crippen LogP contribution in [0.5, 0.6) is 0 Å². The maximum Gasteiger partial charge on any atom is 0.409 e. The molecule has 4 aromatic rings. The van der Waals surface area contributed by atoms with E-state index in [1.807, 2.05) is 12.1 Å². The molecule has 0 bridgehead atoms. The van der Waals surface area contributed by atoms with Crippen LogP contribution in [-0.2, 0) is 4.74 Å². The van der Waals surface area contributed by atoms with E-state index in [9.17, 15) is 28.5 Å². The van der Waals surface area contributed by atoms with Gasteiger partial charge in [0, 0.05) is 5.75 Å². The van der Waals surface area contributed by atoms with Crippen molar-refractivity contribution in [2.75, 3.05) is 17.7 Å². The number of fused-ring (bicyclic) bond motifs is 2. The third kappa shape index (κ3) is 4.83. The summed E-state index contributed by atoms with van der Waals surface area (Å²) in [6.45, 7) is -0.552. The maximum atomic E-state index is 13.9. The predicted molar refractivity (Wildman–Crippen MR) is 127 cm³/mol. The van der Waals surface area contributed by atoms with Gasteiger partial charge < -0.3 is 25.4 Å². The number of thioether (sulfide) groups is 1. The van der Waals surface area contributed by atoms with Gasteiger partial charge in [-0.1, -0.05) is 23.9 Å². The number of aromatic nitrogens is 5. The monoisotopic (exact) mass is 562 g/mol. The lowest BCUT2D eigenvalue weighted by Gasteiger charge is -2.22. The fourth-order valence-electron chi connectivity index (χ4n) is 3.74. The molecule has 1 aliphatic rings. The summed E-state index contributed by atoms with van der Waals surface area (Å²) in [6.07, 6.45) is -8.56. The highest BCUT2D eigenvalue weighted by Crippen LogP contribution is 2.36. The number of imidazole rings is 1. The molecule has 192 valence electrons. The average molecular weight is 563 g/mol. The summed E-state index contributed by atoms with van der Waals surface area (Å²) in [5.41, 5.74) is 0.643. The Morgan fingerprint density at radius 1 is 1.19 bits per heavy atom. The van der Waals surface area contributed by atoms with E-state index in [1.54, 1.807) is 12.1 Å². The highest BCUT2D eigenvalue weighted by atomic mass is 35.5. The number of halogens is 4. The van der Waals surface area contributed by atoms with Crippen molar-refractivity contribution in [2.45, 2.75) is 41.1 Å². The van der Waals surface area contributed by atoms with Crippen molar-refractivity contribution in [2.24, 2.45) is 0 Å². The number of nitrogens with one attached hydrogen (secondary N) is 1. The molecule has 0 saturated carbocycles. The number of aliphatic hydroxyl groups is 3. The number of nitrogens with zero attached hydrogens (tertiary/aromatic N) is 5. The van der Waals surface area contributed by atoms with Crippen LogP contribution in [0.4, 0.5) is 19.0 Å². The Kier molecular flexibility index (Phi) is 6.97. The molecule has 3 aromatic heterocycles. The van der Waals surface area contributed by atoms with Gasteiger partial charge in [0.1, 0.15) is 24.4 Å². The molecule has 5 atom stereocenters. The van der Waals surface area contributed by atoms with Gasteiger partial charge in [0.2, 0.25) is 5.28 Å². The number of anilines is 1. The van der Waals surface area contributed by atoms with E-state index < -0.39 is 49.1 Å². The first-order chi connectivity index (χ1) is 17.2. The molecule has 0 amide bonds. The van der Waals surface area contributed by atoms with Crippen LogP contribution in [0.25, 0.3) is 21.4 Å². The van der Waals surface area contributed by atoms with Crippen LogP contribution < -0.4 is 5.32 Å². The van der Waals surface area contributed by atoms with Gasteiger partial charge in [0.25, 0.3) is 0 Å². The Morgan fingerprint density at radius 3 is 2.67 bits per heavy atom. The SMILES string of the molecule is OC[C@H]1O[C@@H](n2cnc3c(NC(CSc4nc5ccccc5s4)C(F)(F)F)nc(Cl)nc32)[C@H](O)[C@@H]1O. The van der Waals surface area contributed by atoms with Crippen LogP contribution in [0.3, 0.4) is 0 Å². The zero-order valence-corrected chi connectivity index (χ0v) is 20.4. The van der Waals surface area contributed by atoms with Gasteiger partial charge in [-0.15, -0.1) is 11.3 Å². The van der Waals surface area contributed by atoms with Gasteiger partial charge in [-0.25, -0.2) is 9.97 Å². The number of rotatable bonds is 7. The molecule has 4 N–H and O–H groups in total. The van der Waals surface area contributed by atoms with Gasteiger partial charge in [0.15, 0.2) is 27.5 Å². The summed E-state index contributed by atoms with van der Waals surface area (Å²) in [5, 5.41) is 31.7. The van der Waals surface area contributed by atoms with E-state index in [0.29, 0.717) is 9.86 Å². The van der Waals surface area contributed by atoms with Crippen LogP contribution >= 0.6 is 34.7 Å². The molecule has 0 aliphatic carbocycles. The van der Waals surface area contributed by atoms with Crippen LogP contribution in [-0.4, -0.2) is 82.7 Å². The molecule has 16 heteroatoms. The van der Waals surface area contributed by atoms with Crippen molar-refractivity contribution in [3.8, 4) is 0 Å². The molecule has 10 nitrogen and oxygen atoms in total. The Bertz CT molecular complexity index is 1360. The molecular weight excluding hydrogens is 545 g/mol. The molecule has 1 unspecified atom stereocenters. The number of benzene rings is 1. The van der Waals surface area contributed by atoms with Gasteiger partial charge in [-0.3, -0.25) is 4.57 Å². The van der Waals surface area contributed by atoms with Crippen LogP contribution in [0, 0.1) is 0 Å². The highest BCUT2D eigenvalue weighted by Gasteiger charge is 2.44. The number of alkyl halides is 3. The van der Waals surface area contributed by atoms with Crippen molar-refractivity contribution < 1.29 is 33.2 Å². The van der Waals surface area contributed by atoms with E-state index in [0.717, 1.165) is 16.5 Å². The summed E-state index contributed by atoms with van der Waals surface area (Å²) in [7, 11) is 0. The second-order valence-electron chi connectivity index (χ2n) is 7.89. The highest BCUT2D eigenvalue weighted by molar-refractivity contribution is 8.01. The van der Waals surface area contributed by atoms with Crippen LogP contribution in [0.15, 0.2) is 34.9 Å². The third-order valence-corrected chi connectivity index (χ3v) is 7.98. The standard InChI is InChI=1S/C20H18ClF3N6O4S2/c21-18-28-15(12-16(29-18)30(7-25-12)17-14(33)13(32)9(5-31)34-17)27-11(20(22,23)24)6-35-19-26-8-3-1-2-4-10(8)36-19/h1-4,7,9,11,13-14,17,31-33H,5-6H2,(H,27,28,29)/t9-,11?,13-,14-,17-/m1/s1. The lowest BCUT2D eigenvalue weighted by Crippen LogP contribution is -2.38. The second kappa shape index (κ2) is 9.89. The fraction of sp³-hybridized carbons (Fsp3) is 0.400. The van der Waals surface area contributed by atoms with E-state index in [4.69, 9.17) is 16.3 Å². The van der Waals surface area contributed by atoms with Gasteiger partial charge in [0.05, 0.1) is 23.2 Å². The van der Waals surface area contributed by atoms with E-state index >= 15 is 0 Å². The largest absolute Gasteiger partial charge is 0.409 e. The maximum absolute atomic E-state index is 13.9. The van der Waals surface area contributed by atoms with Crippen molar-refractivity contribution in [3.63, 3.8) is 0 Å². The smallest absolute Gasteiger partial charge is 0.394 e. The quantitative estimate of drug-likeness (QED) is 0.196. The number of hydrogen-bond acceptors (Lipinski definition) is 11. The lowest BCUT2D eigenvalue weighted by molar-refractivity contribution is -0.137. The van der Waals surface area contributed by atoms with Crippen molar-refractivity contribution in [1.82, 2.24) is 24.5 Å². The number of ether oxygens (including phenoxy) is 1. The Labute approximate surface area is 214 Å². The number of para-hydroxylation sites is 1. The lowest BCUT2D eigenvalue weighted by atomic mass is 10.1. The number of aliphatic hydroxyl groups excluding tert-OH is 3. The summed E-state index contributed by atoms with van der Waals surface area (Å²) < 4.78 is 49.9. The first kappa shape index (κ1) is 25.4. The molecule has 36 heavy (non-hydrogen) atoms. The van der Waals surface area contributed by atoms with Gasteiger partial charge in [-0.05, 0) is 23.7 Å². The number of hydrogen-bond donors (Lipinski definition) is 4. The Hall–Kier alpha value is -2.27. The zero-order chi connectivity index (χ0) is 25.6. The fourth-order valence-corrected chi connectivity index (χ4v) is 6.05. The topological polar surface area (TPSA) is 138 Å². The molecule has 0 spiro atoms. The van der Waals surface area contributed by atoms with Gasteiger partial charge >= 0.3 is 6.18 Å². The predicted octanol–water partition coefficient (Wildman–Crippen LogP) is 2.84. The van der Waals surface area contributed by atoms with Crippen molar-refractivity contribution in [3.05, 3.63) is 35.9 Å². The summed E-state index contributed by atoms with van der Waals surface area (Å²) >= 11 is 8.26. The van der Waals surface area contributed by atoms with Crippen molar-refractivity contribution in [1.29, 1.82) is 0 Å². The normalized spacial score (nSPS) is 23.5. The molecule has 1 fully saturated rings. The second-order valence-corrected chi connectivity index (χ2v) is 10.5. The van der Waals surface area contributed by atoms with E-state index in [2.05, 4.69) is 25.3 Å². The minimum Gasteiger partial charge on any atom is -0.394 e. The van der Waals surface area contributed by atoms with Crippen LogP contribution in [0.2, 0.25) is 5.28 Å². The molecule has 1 saturated heterocycles. The third-order valence-electron chi connectivity index (χ3n) is 5.54. The van der Waals surface area contributed by atoms with Crippen molar-refractivity contribution >= 4 is 61.9 Å². The molecule has 4 heterocycles. The molecule has 5 rings (SSSR count). The minimum atomic E-state index is -4.64. The number of thiazole rings is 1. The molecule has 0 radical (unpaired) electrons. The summed E-state index contributed by atoms with van der Waals surface area (Å²) in [6, 6.07) is 5.25. The first-order valence-corrected chi connectivity index (χ1v) is 12.7. The average Bonchev–Trinajstić information content (AvgIpc) is 3.51. The van der Waals surface area contributed by atoms with Crippen LogP contribution in [0.1, 0.15) is 6.23 Å². The van der Waals surface area contributed by atoms with Gasteiger partial charge in [-0.2, -0.15) is 23.1 Å².